The van der Waals surface area contributed by atoms with Crippen LogP contribution in [0.25, 0.3) is 0 Å². The first kappa shape index (κ1) is 13.8. The van der Waals surface area contributed by atoms with Crippen molar-refractivity contribution in [2.45, 2.75) is 27.2 Å². The molecule has 1 aromatic heterocycles. The highest BCUT2D eigenvalue weighted by atomic mass is 16.5. The monoisotopic (exact) mass is 240 g/mol. The maximum Gasteiger partial charge on any atom is 0.147 e. The van der Waals surface area contributed by atoms with Gasteiger partial charge in [0.25, 0.3) is 0 Å². The van der Waals surface area contributed by atoms with Crippen molar-refractivity contribution >= 4 is 11.5 Å². The third-order valence-corrected chi connectivity index (χ3v) is 2.49. The Hall–Kier alpha value is -1.23. The standard InChI is InChI=1S/C12H24N4O/c1-5-10-11(13)12(16(4)15-10)14-6-7-17-8-9(2)3/h9,14H,5-8,13H2,1-4H3. The van der Waals surface area contributed by atoms with Crippen LogP contribution in [-0.2, 0) is 18.2 Å². The summed E-state index contributed by atoms with van der Waals surface area (Å²) in [6, 6.07) is 0. The normalized spacial score (nSPS) is 11.1. The first-order valence-electron chi connectivity index (χ1n) is 6.19. The van der Waals surface area contributed by atoms with Gasteiger partial charge in [0.05, 0.1) is 18.0 Å². The molecule has 5 nitrogen and oxygen atoms in total. The van der Waals surface area contributed by atoms with Crippen LogP contribution in [0.4, 0.5) is 11.5 Å². The SMILES string of the molecule is CCc1nn(C)c(NCCOCC(C)C)c1N. The minimum absolute atomic E-state index is 0.573. The molecule has 17 heavy (non-hydrogen) atoms. The minimum Gasteiger partial charge on any atom is -0.394 e. The van der Waals surface area contributed by atoms with Gasteiger partial charge in [0, 0.05) is 20.2 Å². The van der Waals surface area contributed by atoms with Gasteiger partial charge in [-0.3, -0.25) is 4.68 Å². The molecule has 0 aromatic carbocycles. The van der Waals surface area contributed by atoms with E-state index in [2.05, 4.69) is 24.3 Å². The lowest BCUT2D eigenvalue weighted by molar-refractivity contribution is 0.118. The fourth-order valence-electron chi connectivity index (χ4n) is 1.63. The molecule has 98 valence electrons. The Morgan fingerprint density at radius 3 is 2.71 bits per heavy atom. The van der Waals surface area contributed by atoms with E-state index >= 15 is 0 Å². The van der Waals surface area contributed by atoms with Gasteiger partial charge >= 0.3 is 0 Å². The number of nitrogen functional groups attached to an aromatic ring is 1. The molecule has 0 unspecified atom stereocenters. The van der Waals surface area contributed by atoms with E-state index in [1.807, 2.05) is 14.0 Å². The van der Waals surface area contributed by atoms with Crippen LogP contribution in [-0.4, -0.2) is 29.5 Å². The van der Waals surface area contributed by atoms with Crippen molar-refractivity contribution in [2.24, 2.45) is 13.0 Å². The Bertz CT molecular complexity index is 347. The van der Waals surface area contributed by atoms with Crippen LogP contribution in [0.15, 0.2) is 0 Å². The van der Waals surface area contributed by atoms with Crippen molar-refractivity contribution < 1.29 is 4.74 Å². The van der Waals surface area contributed by atoms with E-state index in [4.69, 9.17) is 10.5 Å². The highest BCUT2D eigenvalue weighted by Crippen LogP contribution is 2.21. The largest absolute Gasteiger partial charge is 0.394 e. The topological polar surface area (TPSA) is 65.1 Å². The van der Waals surface area contributed by atoms with E-state index in [0.717, 1.165) is 36.8 Å². The number of hydrogen-bond acceptors (Lipinski definition) is 4. The zero-order valence-corrected chi connectivity index (χ0v) is 11.3. The molecule has 0 saturated heterocycles. The van der Waals surface area contributed by atoms with Gasteiger partial charge in [-0.1, -0.05) is 20.8 Å². The minimum atomic E-state index is 0.573. The van der Waals surface area contributed by atoms with E-state index in [-0.39, 0.29) is 0 Å². The summed E-state index contributed by atoms with van der Waals surface area (Å²) >= 11 is 0. The van der Waals surface area contributed by atoms with E-state index < -0.39 is 0 Å². The number of nitrogens with one attached hydrogen (secondary N) is 1. The predicted octanol–water partition coefficient (Wildman–Crippen LogP) is 1.65. The van der Waals surface area contributed by atoms with Crippen molar-refractivity contribution in [1.29, 1.82) is 0 Å². The van der Waals surface area contributed by atoms with Crippen molar-refractivity contribution in [3.8, 4) is 0 Å². The molecule has 1 heterocycles. The van der Waals surface area contributed by atoms with Crippen LogP contribution in [0.2, 0.25) is 0 Å². The number of nitrogens with zero attached hydrogens (tertiary/aromatic N) is 2. The fourth-order valence-corrected chi connectivity index (χ4v) is 1.63. The molecule has 0 aliphatic rings. The number of aryl methyl sites for hydroxylation is 2. The third kappa shape index (κ3) is 3.93. The second-order valence-electron chi connectivity index (χ2n) is 4.58. The molecule has 3 N–H and O–H groups in total. The van der Waals surface area contributed by atoms with Crippen LogP contribution >= 0.6 is 0 Å². The highest BCUT2D eigenvalue weighted by Gasteiger charge is 2.10. The van der Waals surface area contributed by atoms with E-state index in [0.29, 0.717) is 12.5 Å². The van der Waals surface area contributed by atoms with Crippen LogP contribution in [0.1, 0.15) is 26.5 Å². The summed E-state index contributed by atoms with van der Waals surface area (Å²) in [4.78, 5) is 0. The maximum absolute atomic E-state index is 5.99. The average molecular weight is 240 g/mol. The third-order valence-electron chi connectivity index (χ3n) is 2.49. The zero-order valence-electron chi connectivity index (χ0n) is 11.3. The van der Waals surface area contributed by atoms with Crippen molar-refractivity contribution in [2.75, 3.05) is 30.8 Å². The Balaban J connectivity index is 2.39. The first-order chi connectivity index (χ1) is 8.06. The van der Waals surface area contributed by atoms with Gasteiger partial charge in [-0.15, -0.1) is 0 Å². The Kier molecular flexibility index (Phi) is 5.28. The maximum atomic E-state index is 5.99. The zero-order chi connectivity index (χ0) is 12.8. The van der Waals surface area contributed by atoms with Crippen LogP contribution in [0.3, 0.4) is 0 Å². The number of aromatic nitrogens is 2. The Labute approximate surface area is 103 Å². The van der Waals surface area contributed by atoms with Gasteiger partial charge in [-0.25, -0.2) is 0 Å². The summed E-state index contributed by atoms with van der Waals surface area (Å²) in [7, 11) is 1.90. The molecule has 0 saturated carbocycles. The molecule has 0 bridgehead atoms. The van der Waals surface area contributed by atoms with Gasteiger partial charge in [0.15, 0.2) is 0 Å². The fraction of sp³-hybridized carbons (Fsp3) is 0.750. The second-order valence-corrected chi connectivity index (χ2v) is 4.58. The Morgan fingerprint density at radius 2 is 2.18 bits per heavy atom. The van der Waals surface area contributed by atoms with E-state index in [9.17, 15) is 0 Å². The summed E-state index contributed by atoms with van der Waals surface area (Å²) in [5.41, 5.74) is 7.68. The van der Waals surface area contributed by atoms with Gasteiger partial charge < -0.3 is 15.8 Å². The summed E-state index contributed by atoms with van der Waals surface area (Å²) in [6.45, 7) is 8.56. The number of anilines is 2. The predicted molar refractivity (Wildman–Crippen MR) is 71.1 cm³/mol. The summed E-state index contributed by atoms with van der Waals surface area (Å²) in [6.07, 6.45) is 0.852. The molecule has 0 spiro atoms. The molecule has 1 aromatic rings. The lowest BCUT2D eigenvalue weighted by atomic mass is 10.2. The number of ether oxygens (including phenoxy) is 1. The summed E-state index contributed by atoms with van der Waals surface area (Å²) < 4.78 is 7.28. The molecule has 5 heteroatoms. The lowest BCUT2D eigenvalue weighted by Crippen LogP contribution is -2.14. The first-order valence-corrected chi connectivity index (χ1v) is 6.19. The van der Waals surface area contributed by atoms with E-state index in [1.54, 1.807) is 4.68 Å². The number of rotatable bonds is 7. The van der Waals surface area contributed by atoms with Crippen molar-refractivity contribution in [3.63, 3.8) is 0 Å². The van der Waals surface area contributed by atoms with Gasteiger partial charge in [-0.05, 0) is 12.3 Å². The quantitative estimate of drug-likeness (QED) is 0.711. The average Bonchev–Trinajstić information content (AvgIpc) is 2.54. The van der Waals surface area contributed by atoms with E-state index in [1.165, 1.54) is 0 Å². The second kappa shape index (κ2) is 6.49. The van der Waals surface area contributed by atoms with Gasteiger partial charge in [0.1, 0.15) is 5.82 Å². The summed E-state index contributed by atoms with van der Waals surface area (Å²) in [5, 5.41) is 7.60. The molecule has 0 amide bonds. The smallest absolute Gasteiger partial charge is 0.147 e. The molecular formula is C12H24N4O. The van der Waals surface area contributed by atoms with Crippen LogP contribution < -0.4 is 11.1 Å². The molecule has 0 fully saturated rings. The van der Waals surface area contributed by atoms with Gasteiger partial charge in [0.2, 0.25) is 0 Å². The summed E-state index contributed by atoms with van der Waals surface area (Å²) in [5.74, 6) is 1.46. The van der Waals surface area contributed by atoms with Crippen molar-refractivity contribution in [3.05, 3.63) is 5.69 Å². The van der Waals surface area contributed by atoms with Crippen LogP contribution in [0, 0.1) is 5.92 Å². The Morgan fingerprint density at radius 1 is 1.47 bits per heavy atom. The molecule has 0 atom stereocenters. The number of nitrogens with two attached hydrogens (primary N) is 1. The molecule has 0 radical (unpaired) electrons. The highest BCUT2D eigenvalue weighted by molar-refractivity contribution is 5.64. The molecular weight excluding hydrogens is 216 g/mol. The van der Waals surface area contributed by atoms with Crippen LogP contribution in [0.5, 0.6) is 0 Å². The van der Waals surface area contributed by atoms with Crippen molar-refractivity contribution in [1.82, 2.24) is 9.78 Å². The molecule has 0 aliphatic carbocycles. The van der Waals surface area contributed by atoms with Gasteiger partial charge in [-0.2, -0.15) is 5.10 Å². The molecule has 0 aliphatic heterocycles. The lowest BCUT2D eigenvalue weighted by Gasteiger charge is -2.09. The molecule has 1 rings (SSSR count). The number of hydrogen-bond donors (Lipinski definition) is 2.